The summed E-state index contributed by atoms with van der Waals surface area (Å²) < 4.78 is 13.1. The molecule has 1 aliphatic heterocycles. The molecule has 1 heterocycles. The first-order valence-electron chi connectivity index (χ1n) is 9.79. The van der Waals surface area contributed by atoms with E-state index in [4.69, 9.17) is 0 Å². The number of carbonyl (C=O) groups is 1. The first-order chi connectivity index (χ1) is 13.5. The smallest absolute Gasteiger partial charge is 0.166 e. The minimum Gasteiger partial charge on any atom is -0.389 e. The Morgan fingerprint density at radius 3 is 2.39 bits per heavy atom. The number of Topliss-reactive ketones (excluding diaryl/α,β-unsaturated/α-hetero) is 1. The van der Waals surface area contributed by atoms with Gasteiger partial charge in [0.1, 0.15) is 5.82 Å². The van der Waals surface area contributed by atoms with E-state index in [1.165, 1.54) is 12.1 Å². The molecule has 1 N–H and O–H groups in total. The highest BCUT2D eigenvalue weighted by atomic mass is 19.1. The van der Waals surface area contributed by atoms with Crippen molar-refractivity contribution >= 4 is 22.2 Å². The third-order valence-electron chi connectivity index (χ3n) is 5.70. The van der Waals surface area contributed by atoms with Gasteiger partial charge in [0.05, 0.1) is 6.10 Å². The van der Waals surface area contributed by atoms with Crippen LogP contribution in [0.2, 0.25) is 0 Å². The van der Waals surface area contributed by atoms with Crippen molar-refractivity contribution in [3.05, 3.63) is 77.6 Å². The first kappa shape index (κ1) is 18.6. The summed E-state index contributed by atoms with van der Waals surface area (Å²) in [7, 11) is 0. The van der Waals surface area contributed by atoms with Crippen LogP contribution in [0.15, 0.2) is 60.7 Å². The molecular formula is C24H24FNO2. The van der Waals surface area contributed by atoms with Crippen LogP contribution in [0.5, 0.6) is 0 Å². The summed E-state index contributed by atoms with van der Waals surface area (Å²) in [5.41, 5.74) is 2.57. The van der Waals surface area contributed by atoms with Crippen LogP contribution in [0.1, 0.15) is 41.8 Å². The Labute approximate surface area is 164 Å². The van der Waals surface area contributed by atoms with Crippen LogP contribution in [0, 0.1) is 11.7 Å². The van der Waals surface area contributed by atoms with Gasteiger partial charge < -0.3 is 10.0 Å². The molecule has 4 rings (SSSR count). The second kappa shape index (κ2) is 7.72. The van der Waals surface area contributed by atoms with Crippen molar-refractivity contribution in [2.75, 3.05) is 18.0 Å². The Kier molecular flexibility index (Phi) is 5.14. The summed E-state index contributed by atoms with van der Waals surface area (Å²) in [6, 6.07) is 18.1. The molecule has 28 heavy (non-hydrogen) atoms. The molecule has 1 fully saturated rings. The molecule has 3 nitrogen and oxygen atoms in total. The van der Waals surface area contributed by atoms with Gasteiger partial charge in [-0.1, -0.05) is 30.3 Å². The molecule has 3 aromatic rings. The summed E-state index contributed by atoms with van der Waals surface area (Å²) in [6.07, 6.45) is 0.935. The standard InChI is InChI=1S/C24H24FNO2/c1-16(27)23-21-5-3-2-4-17(21)8-11-22(23)26-14-12-19(13-15-26)24(28)18-6-9-20(25)10-7-18/h2-11,16,19,27H,12-15H2,1H3/t16-/m1/s1. The van der Waals surface area contributed by atoms with E-state index < -0.39 is 6.10 Å². The average Bonchev–Trinajstić information content (AvgIpc) is 2.73. The maximum atomic E-state index is 13.1. The lowest BCUT2D eigenvalue weighted by Gasteiger charge is -2.35. The van der Waals surface area contributed by atoms with Gasteiger partial charge >= 0.3 is 0 Å². The maximum Gasteiger partial charge on any atom is 0.166 e. The van der Waals surface area contributed by atoms with Gasteiger partial charge in [-0.05, 0) is 60.9 Å². The van der Waals surface area contributed by atoms with Crippen LogP contribution in [-0.4, -0.2) is 24.0 Å². The number of hydrogen-bond acceptors (Lipinski definition) is 3. The quantitative estimate of drug-likeness (QED) is 0.641. The molecule has 0 aromatic heterocycles. The number of aliphatic hydroxyl groups excluding tert-OH is 1. The van der Waals surface area contributed by atoms with Crippen LogP contribution in [0.25, 0.3) is 10.8 Å². The predicted octanol–water partition coefficient (Wildman–Crippen LogP) is 5.13. The number of benzene rings is 3. The molecule has 4 heteroatoms. The molecular weight excluding hydrogens is 353 g/mol. The Balaban J connectivity index is 1.54. The first-order valence-corrected chi connectivity index (χ1v) is 9.79. The average molecular weight is 377 g/mol. The van der Waals surface area contributed by atoms with Crippen molar-refractivity contribution in [3.63, 3.8) is 0 Å². The molecule has 3 aromatic carbocycles. The van der Waals surface area contributed by atoms with Crippen molar-refractivity contribution in [3.8, 4) is 0 Å². The Bertz CT molecular complexity index is 989. The van der Waals surface area contributed by atoms with Crippen LogP contribution in [0.4, 0.5) is 10.1 Å². The van der Waals surface area contributed by atoms with Crippen molar-refractivity contribution in [1.29, 1.82) is 0 Å². The molecule has 0 aliphatic carbocycles. The number of carbonyl (C=O) groups excluding carboxylic acids is 1. The minimum absolute atomic E-state index is 0.0443. The Morgan fingerprint density at radius 1 is 1.04 bits per heavy atom. The molecule has 144 valence electrons. The zero-order valence-corrected chi connectivity index (χ0v) is 15.9. The van der Waals surface area contributed by atoms with Gasteiger partial charge in [-0.2, -0.15) is 0 Å². The minimum atomic E-state index is -0.570. The van der Waals surface area contributed by atoms with E-state index in [2.05, 4.69) is 23.1 Å². The van der Waals surface area contributed by atoms with Gasteiger partial charge in [0.15, 0.2) is 5.78 Å². The van der Waals surface area contributed by atoms with Crippen LogP contribution in [-0.2, 0) is 0 Å². The van der Waals surface area contributed by atoms with E-state index in [1.807, 2.05) is 18.2 Å². The number of rotatable bonds is 4. The zero-order chi connectivity index (χ0) is 19.7. The van der Waals surface area contributed by atoms with Gasteiger partial charge in [0.2, 0.25) is 0 Å². The summed E-state index contributed by atoms with van der Waals surface area (Å²) >= 11 is 0. The zero-order valence-electron chi connectivity index (χ0n) is 15.9. The molecule has 0 unspecified atom stereocenters. The molecule has 0 spiro atoms. The molecule has 0 saturated carbocycles. The lowest BCUT2D eigenvalue weighted by Crippen LogP contribution is -2.37. The van der Waals surface area contributed by atoms with E-state index in [0.717, 1.165) is 48.0 Å². The highest BCUT2D eigenvalue weighted by molar-refractivity contribution is 5.98. The van der Waals surface area contributed by atoms with Crippen molar-refractivity contribution in [2.24, 2.45) is 5.92 Å². The van der Waals surface area contributed by atoms with E-state index in [-0.39, 0.29) is 17.5 Å². The van der Waals surface area contributed by atoms with Crippen molar-refractivity contribution in [1.82, 2.24) is 0 Å². The van der Waals surface area contributed by atoms with Gasteiger partial charge in [-0.15, -0.1) is 0 Å². The monoisotopic (exact) mass is 377 g/mol. The highest BCUT2D eigenvalue weighted by Crippen LogP contribution is 2.36. The number of fused-ring (bicyclic) bond motifs is 1. The number of anilines is 1. The lowest BCUT2D eigenvalue weighted by atomic mass is 9.88. The fourth-order valence-electron chi connectivity index (χ4n) is 4.23. The van der Waals surface area contributed by atoms with Crippen molar-refractivity contribution in [2.45, 2.75) is 25.9 Å². The summed E-state index contributed by atoms with van der Waals surface area (Å²) in [5.74, 6) is -0.278. The second-order valence-electron chi connectivity index (χ2n) is 7.53. The summed E-state index contributed by atoms with van der Waals surface area (Å²) in [4.78, 5) is 15.0. The topological polar surface area (TPSA) is 40.5 Å². The van der Waals surface area contributed by atoms with Crippen LogP contribution >= 0.6 is 0 Å². The van der Waals surface area contributed by atoms with Crippen LogP contribution in [0.3, 0.4) is 0 Å². The lowest BCUT2D eigenvalue weighted by molar-refractivity contribution is 0.0900. The number of hydrogen-bond donors (Lipinski definition) is 1. The van der Waals surface area contributed by atoms with E-state index in [0.29, 0.717) is 5.56 Å². The summed E-state index contributed by atoms with van der Waals surface area (Å²) in [5, 5.41) is 12.6. The summed E-state index contributed by atoms with van der Waals surface area (Å²) in [6.45, 7) is 3.32. The molecule has 0 bridgehead atoms. The Hall–Kier alpha value is -2.72. The third-order valence-corrected chi connectivity index (χ3v) is 5.70. The number of aliphatic hydroxyl groups is 1. The van der Waals surface area contributed by atoms with Crippen molar-refractivity contribution < 1.29 is 14.3 Å². The van der Waals surface area contributed by atoms with Crippen LogP contribution < -0.4 is 4.90 Å². The SMILES string of the molecule is C[C@@H](O)c1c(N2CCC(C(=O)c3ccc(F)cc3)CC2)ccc2ccccc12. The van der Waals surface area contributed by atoms with Gasteiger partial charge in [0, 0.05) is 35.8 Å². The Morgan fingerprint density at radius 2 is 1.71 bits per heavy atom. The molecule has 0 radical (unpaired) electrons. The largest absolute Gasteiger partial charge is 0.389 e. The number of halogens is 1. The predicted molar refractivity (Wildman–Crippen MR) is 110 cm³/mol. The number of nitrogens with zero attached hydrogens (tertiary/aromatic N) is 1. The normalized spacial score (nSPS) is 16.3. The maximum absolute atomic E-state index is 13.1. The van der Waals surface area contributed by atoms with E-state index >= 15 is 0 Å². The van der Waals surface area contributed by atoms with E-state index in [1.54, 1.807) is 19.1 Å². The second-order valence-corrected chi connectivity index (χ2v) is 7.53. The van der Waals surface area contributed by atoms with Gasteiger partial charge in [0.25, 0.3) is 0 Å². The number of ketones is 1. The fraction of sp³-hybridized carbons (Fsp3) is 0.292. The highest BCUT2D eigenvalue weighted by Gasteiger charge is 2.27. The van der Waals surface area contributed by atoms with Gasteiger partial charge in [-0.3, -0.25) is 4.79 Å². The third kappa shape index (κ3) is 3.52. The fourth-order valence-corrected chi connectivity index (χ4v) is 4.23. The van der Waals surface area contributed by atoms with Gasteiger partial charge in [-0.25, -0.2) is 4.39 Å². The molecule has 1 aliphatic rings. The number of piperidine rings is 1. The molecule has 1 atom stereocenters. The molecule has 1 saturated heterocycles. The van der Waals surface area contributed by atoms with E-state index in [9.17, 15) is 14.3 Å². The molecule has 0 amide bonds.